The Labute approximate surface area is 79.7 Å². The van der Waals surface area contributed by atoms with Gasteiger partial charge in [-0.05, 0) is 5.92 Å². The van der Waals surface area contributed by atoms with E-state index in [4.69, 9.17) is 0 Å². The van der Waals surface area contributed by atoms with Gasteiger partial charge in [-0.2, -0.15) is 13.2 Å². The van der Waals surface area contributed by atoms with E-state index in [9.17, 15) is 22.8 Å². The zero-order valence-electron chi connectivity index (χ0n) is 8.11. The SMILES string of the molecule is CC(=O)NC(C(=O)C(F)(F)F)C(C)C. The van der Waals surface area contributed by atoms with Crippen LogP contribution in [0.2, 0.25) is 0 Å². The molecule has 0 radical (unpaired) electrons. The van der Waals surface area contributed by atoms with Crippen LogP contribution in [0, 0.1) is 5.92 Å². The third-order valence-corrected chi connectivity index (χ3v) is 1.59. The van der Waals surface area contributed by atoms with Crippen LogP contribution in [0.3, 0.4) is 0 Å². The number of alkyl halides is 3. The van der Waals surface area contributed by atoms with Gasteiger partial charge in [-0.15, -0.1) is 0 Å². The average molecular weight is 211 g/mol. The van der Waals surface area contributed by atoms with E-state index in [1.165, 1.54) is 13.8 Å². The molecule has 14 heavy (non-hydrogen) atoms. The lowest BCUT2D eigenvalue weighted by Crippen LogP contribution is -2.49. The Bertz CT molecular complexity index is 235. The van der Waals surface area contributed by atoms with Crippen LogP contribution in [0.1, 0.15) is 20.8 Å². The summed E-state index contributed by atoms with van der Waals surface area (Å²) in [5.74, 6) is -3.16. The first kappa shape index (κ1) is 12.9. The van der Waals surface area contributed by atoms with E-state index >= 15 is 0 Å². The molecule has 6 heteroatoms. The van der Waals surface area contributed by atoms with E-state index in [0.717, 1.165) is 6.92 Å². The van der Waals surface area contributed by atoms with E-state index in [0.29, 0.717) is 0 Å². The zero-order valence-corrected chi connectivity index (χ0v) is 8.11. The van der Waals surface area contributed by atoms with Gasteiger partial charge in [0.1, 0.15) is 0 Å². The summed E-state index contributed by atoms with van der Waals surface area (Å²) in [5, 5.41) is 1.98. The Morgan fingerprint density at radius 3 is 1.86 bits per heavy atom. The molecular formula is C8H12F3NO2. The van der Waals surface area contributed by atoms with Crippen LogP contribution < -0.4 is 5.32 Å². The number of carbonyl (C=O) groups is 2. The van der Waals surface area contributed by atoms with Crippen LogP contribution in [-0.4, -0.2) is 23.9 Å². The van der Waals surface area contributed by atoms with Crippen LogP contribution in [0.5, 0.6) is 0 Å². The van der Waals surface area contributed by atoms with Crippen molar-refractivity contribution in [3.05, 3.63) is 0 Å². The molecule has 0 saturated carbocycles. The highest BCUT2D eigenvalue weighted by Crippen LogP contribution is 2.20. The van der Waals surface area contributed by atoms with Crippen LogP contribution in [0.15, 0.2) is 0 Å². The van der Waals surface area contributed by atoms with Crippen LogP contribution in [-0.2, 0) is 9.59 Å². The zero-order chi connectivity index (χ0) is 11.5. The van der Waals surface area contributed by atoms with E-state index in [1.807, 2.05) is 5.32 Å². The Balaban J connectivity index is 4.67. The van der Waals surface area contributed by atoms with Crippen molar-refractivity contribution in [2.24, 2.45) is 5.92 Å². The van der Waals surface area contributed by atoms with E-state index < -0.39 is 29.8 Å². The smallest absolute Gasteiger partial charge is 0.346 e. The van der Waals surface area contributed by atoms with Gasteiger partial charge in [-0.3, -0.25) is 9.59 Å². The summed E-state index contributed by atoms with van der Waals surface area (Å²) < 4.78 is 36.0. The molecule has 0 aromatic rings. The molecule has 0 aliphatic rings. The third kappa shape index (κ3) is 3.76. The van der Waals surface area contributed by atoms with Gasteiger partial charge in [0.2, 0.25) is 5.91 Å². The second kappa shape index (κ2) is 4.43. The molecule has 3 nitrogen and oxygen atoms in total. The highest BCUT2D eigenvalue weighted by molar-refractivity contribution is 5.92. The molecule has 82 valence electrons. The van der Waals surface area contributed by atoms with Crippen molar-refractivity contribution in [1.82, 2.24) is 5.32 Å². The largest absolute Gasteiger partial charge is 0.452 e. The van der Waals surface area contributed by atoms with Crippen LogP contribution in [0.25, 0.3) is 0 Å². The first-order valence-corrected chi connectivity index (χ1v) is 4.04. The summed E-state index contributed by atoms with van der Waals surface area (Å²) in [4.78, 5) is 21.4. The molecule has 0 spiro atoms. The molecule has 0 saturated heterocycles. The molecule has 0 aliphatic carbocycles. The van der Waals surface area contributed by atoms with Crippen molar-refractivity contribution in [2.75, 3.05) is 0 Å². The predicted octanol–water partition coefficient (Wildman–Crippen LogP) is 1.28. The van der Waals surface area contributed by atoms with Gasteiger partial charge in [0.15, 0.2) is 0 Å². The Morgan fingerprint density at radius 1 is 1.21 bits per heavy atom. The maximum absolute atomic E-state index is 12.0. The third-order valence-electron chi connectivity index (χ3n) is 1.59. The summed E-state index contributed by atoms with van der Waals surface area (Å²) in [6, 6.07) is -1.49. The number of nitrogens with one attached hydrogen (secondary N) is 1. The number of carbonyl (C=O) groups excluding carboxylic acids is 2. The Hall–Kier alpha value is -1.07. The summed E-state index contributed by atoms with van der Waals surface area (Å²) in [6.45, 7) is 3.94. The second-order valence-corrected chi connectivity index (χ2v) is 3.28. The number of ketones is 1. The van der Waals surface area contributed by atoms with Crippen molar-refractivity contribution in [1.29, 1.82) is 0 Å². The standard InChI is InChI=1S/C8H12F3NO2/c1-4(2)6(12-5(3)13)7(14)8(9,10)11/h4,6H,1-3H3,(H,12,13). The van der Waals surface area contributed by atoms with Crippen LogP contribution in [0.4, 0.5) is 13.2 Å². The number of amides is 1. The molecule has 0 rings (SSSR count). The van der Waals surface area contributed by atoms with Crippen LogP contribution >= 0.6 is 0 Å². The molecule has 0 aliphatic heterocycles. The molecule has 0 fully saturated rings. The highest BCUT2D eigenvalue weighted by Gasteiger charge is 2.44. The maximum Gasteiger partial charge on any atom is 0.452 e. The van der Waals surface area contributed by atoms with Gasteiger partial charge in [0.05, 0.1) is 6.04 Å². The summed E-state index contributed by atoms with van der Waals surface area (Å²) in [6.07, 6.45) is -4.91. The number of hydrogen-bond acceptors (Lipinski definition) is 2. The topological polar surface area (TPSA) is 46.2 Å². The number of Topliss-reactive ketones (excluding diaryl/α,β-unsaturated/α-hetero) is 1. The lowest BCUT2D eigenvalue weighted by atomic mass is 9.99. The number of halogens is 3. The fourth-order valence-corrected chi connectivity index (χ4v) is 0.930. The van der Waals surface area contributed by atoms with Gasteiger partial charge in [0, 0.05) is 6.92 Å². The lowest BCUT2D eigenvalue weighted by Gasteiger charge is -2.21. The van der Waals surface area contributed by atoms with Crippen molar-refractivity contribution in [3.63, 3.8) is 0 Å². The maximum atomic E-state index is 12.0. The number of rotatable bonds is 3. The minimum absolute atomic E-state index is 0.590. The van der Waals surface area contributed by atoms with Crippen molar-refractivity contribution < 1.29 is 22.8 Å². The average Bonchev–Trinajstić information content (AvgIpc) is 1.96. The molecular weight excluding hydrogens is 199 g/mol. The molecule has 0 aromatic heterocycles. The minimum atomic E-state index is -4.91. The van der Waals surface area contributed by atoms with Gasteiger partial charge < -0.3 is 5.32 Å². The molecule has 1 atom stereocenters. The molecule has 0 aromatic carbocycles. The first-order chi connectivity index (χ1) is 6.16. The molecule has 0 bridgehead atoms. The van der Waals surface area contributed by atoms with E-state index in [2.05, 4.69) is 0 Å². The summed E-state index contributed by atoms with van der Waals surface area (Å²) >= 11 is 0. The van der Waals surface area contributed by atoms with Crippen molar-refractivity contribution >= 4 is 11.7 Å². The Kier molecular flexibility index (Phi) is 4.09. The first-order valence-electron chi connectivity index (χ1n) is 4.04. The Morgan fingerprint density at radius 2 is 1.64 bits per heavy atom. The predicted molar refractivity (Wildman–Crippen MR) is 43.5 cm³/mol. The van der Waals surface area contributed by atoms with E-state index in [1.54, 1.807) is 0 Å². The monoisotopic (exact) mass is 211 g/mol. The molecule has 0 heterocycles. The minimum Gasteiger partial charge on any atom is -0.346 e. The number of hydrogen-bond donors (Lipinski definition) is 1. The highest BCUT2D eigenvalue weighted by atomic mass is 19.4. The van der Waals surface area contributed by atoms with Gasteiger partial charge in [-0.25, -0.2) is 0 Å². The van der Waals surface area contributed by atoms with Gasteiger partial charge in [0.25, 0.3) is 5.78 Å². The normalized spacial score (nSPS) is 13.9. The van der Waals surface area contributed by atoms with E-state index in [-0.39, 0.29) is 0 Å². The van der Waals surface area contributed by atoms with Crippen molar-refractivity contribution in [3.8, 4) is 0 Å². The van der Waals surface area contributed by atoms with Gasteiger partial charge >= 0.3 is 6.18 Å². The fraction of sp³-hybridized carbons (Fsp3) is 0.750. The van der Waals surface area contributed by atoms with Gasteiger partial charge in [-0.1, -0.05) is 13.8 Å². The quantitative estimate of drug-likeness (QED) is 0.764. The molecule has 1 amide bonds. The second-order valence-electron chi connectivity index (χ2n) is 3.28. The van der Waals surface area contributed by atoms with Crippen molar-refractivity contribution in [2.45, 2.75) is 33.0 Å². The summed E-state index contributed by atoms with van der Waals surface area (Å²) in [7, 11) is 0. The fourth-order valence-electron chi connectivity index (χ4n) is 0.930. The molecule has 1 N–H and O–H groups in total. The lowest BCUT2D eigenvalue weighted by molar-refractivity contribution is -0.174. The summed E-state index contributed by atoms with van der Waals surface area (Å²) in [5.41, 5.74) is 0. The molecule has 1 unspecified atom stereocenters.